The van der Waals surface area contributed by atoms with E-state index >= 15 is 0 Å². The van der Waals surface area contributed by atoms with Gasteiger partial charge in [0.25, 0.3) is 0 Å². The molecule has 0 aliphatic carbocycles. The second-order valence-electron chi connectivity index (χ2n) is 6.04. The minimum Gasteiger partial charge on any atom is -0.348 e. The molecular weight excluding hydrogens is 219 g/mol. The van der Waals surface area contributed by atoms with E-state index in [4.69, 9.17) is 0 Å². The summed E-state index contributed by atoms with van der Waals surface area (Å²) in [4.78, 5) is 13.5. The maximum Gasteiger partial charge on any atom is 0.244 e. The molecule has 1 atom stereocenters. The lowest BCUT2D eigenvalue weighted by atomic mass is 10.1. The molecule has 17 heavy (non-hydrogen) atoms. The average Bonchev–Trinajstić information content (AvgIpc) is 2.42. The topological polar surface area (TPSA) is 32.3 Å². The van der Waals surface area contributed by atoms with Gasteiger partial charge in [-0.3, -0.25) is 9.69 Å². The van der Waals surface area contributed by atoms with Gasteiger partial charge in [-0.25, -0.2) is 4.39 Å². The highest BCUT2D eigenvalue weighted by molar-refractivity contribution is 5.87. The van der Waals surface area contributed by atoms with E-state index in [0.29, 0.717) is 19.5 Å². The van der Waals surface area contributed by atoms with Gasteiger partial charge in [0.05, 0.1) is 0 Å². The Hall–Kier alpha value is -0.900. The van der Waals surface area contributed by atoms with Crippen LogP contribution in [0.1, 0.15) is 34.1 Å². The molecule has 1 N–H and O–H groups in total. The van der Waals surface area contributed by atoms with Crippen molar-refractivity contribution in [3.05, 3.63) is 12.2 Å². The number of carbonyl (C=O) groups excluding carboxylic acids is 1. The molecule has 0 aromatic rings. The van der Waals surface area contributed by atoms with E-state index in [2.05, 4.69) is 5.32 Å². The zero-order valence-corrected chi connectivity index (χ0v) is 11.2. The molecule has 3 nitrogen and oxygen atoms in total. The van der Waals surface area contributed by atoms with Crippen LogP contribution < -0.4 is 5.32 Å². The maximum absolute atomic E-state index is 13.5. The fourth-order valence-corrected chi connectivity index (χ4v) is 1.89. The number of halogens is 1. The minimum absolute atomic E-state index is 0.0975. The molecule has 1 aliphatic heterocycles. The molecule has 0 spiro atoms. The van der Waals surface area contributed by atoms with E-state index < -0.39 is 5.67 Å². The predicted molar refractivity (Wildman–Crippen MR) is 67.6 cm³/mol. The van der Waals surface area contributed by atoms with Crippen molar-refractivity contribution in [1.29, 1.82) is 0 Å². The first-order chi connectivity index (χ1) is 7.68. The van der Waals surface area contributed by atoms with Crippen LogP contribution >= 0.6 is 0 Å². The minimum atomic E-state index is -1.07. The van der Waals surface area contributed by atoms with Crippen LogP contribution in [-0.4, -0.2) is 41.6 Å². The van der Waals surface area contributed by atoms with Gasteiger partial charge in [0.1, 0.15) is 5.67 Å². The van der Waals surface area contributed by atoms with E-state index in [9.17, 15) is 9.18 Å². The molecule has 0 aromatic heterocycles. The standard InChI is InChI=1S/C13H23FN2O/c1-12(2,3)15-11(17)6-5-8-16-9-7-13(4,14)10-16/h5-6H,7-10H2,1-4H3,(H,15,17)/b6-5+. The van der Waals surface area contributed by atoms with Crippen LogP contribution in [0.15, 0.2) is 12.2 Å². The zero-order valence-electron chi connectivity index (χ0n) is 11.2. The number of hydrogen-bond donors (Lipinski definition) is 1. The molecule has 1 fully saturated rings. The number of alkyl halides is 1. The van der Waals surface area contributed by atoms with Gasteiger partial charge >= 0.3 is 0 Å². The summed E-state index contributed by atoms with van der Waals surface area (Å²) < 4.78 is 13.5. The van der Waals surface area contributed by atoms with Crippen molar-refractivity contribution >= 4 is 5.91 Å². The van der Waals surface area contributed by atoms with Gasteiger partial charge in [-0.05, 0) is 34.1 Å². The Labute approximate surface area is 103 Å². The SMILES string of the molecule is CC1(F)CCN(C/C=C/C(=O)NC(C)(C)C)C1. The van der Waals surface area contributed by atoms with E-state index in [1.807, 2.05) is 25.7 Å². The summed E-state index contributed by atoms with van der Waals surface area (Å²) in [5, 5.41) is 2.84. The van der Waals surface area contributed by atoms with E-state index in [-0.39, 0.29) is 11.4 Å². The Bertz CT molecular complexity index is 305. The molecule has 4 heteroatoms. The Kier molecular flexibility index (Phi) is 4.31. The number of nitrogens with one attached hydrogen (secondary N) is 1. The van der Waals surface area contributed by atoms with Crippen LogP contribution in [0.2, 0.25) is 0 Å². The van der Waals surface area contributed by atoms with Crippen LogP contribution in [0.3, 0.4) is 0 Å². The van der Waals surface area contributed by atoms with E-state index in [0.717, 1.165) is 6.54 Å². The summed E-state index contributed by atoms with van der Waals surface area (Å²) in [7, 11) is 0. The van der Waals surface area contributed by atoms with Crippen molar-refractivity contribution in [2.24, 2.45) is 0 Å². The fourth-order valence-electron chi connectivity index (χ4n) is 1.89. The summed E-state index contributed by atoms with van der Waals surface area (Å²) in [6.45, 7) is 9.30. The average molecular weight is 242 g/mol. The zero-order chi connectivity index (χ0) is 13.1. The second-order valence-corrected chi connectivity index (χ2v) is 6.04. The predicted octanol–water partition coefficient (Wildman–Crippen LogP) is 1.89. The lowest BCUT2D eigenvalue weighted by molar-refractivity contribution is -0.117. The summed E-state index contributed by atoms with van der Waals surface area (Å²) in [5.41, 5.74) is -1.28. The first-order valence-corrected chi connectivity index (χ1v) is 6.08. The van der Waals surface area contributed by atoms with Gasteiger partial charge in [-0.2, -0.15) is 0 Å². The quantitative estimate of drug-likeness (QED) is 0.767. The monoisotopic (exact) mass is 242 g/mol. The molecule has 0 aromatic carbocycles. The normalized spacial score (nSPS) is 26.6. The van der Waals surface area contributed by atoms with Crippen molar-refractivity contribution in [2.75, 3.05) is 19.6 Å². The lowest BCUT2D eigenvalue weighted by Crippen LogP contribution is -2.39. The smallest absolute Gasteiger partial charge is 0.244 e. The third kappa shape index (κ3) is 5.82. The van der Waals surface area contributed by atoms with Crippen LogP contribution in [0.25, 0.3) is 0 Å². The molecule has 1 unspecified atom stereocenters. The number of carbonyl (C=O) groups is 1. The van der Waals surface area contributed by atoms with Gasteiger partial charge in [-0.1, -0.05) is 6.08 Å². The Morgan fingerprint density at radius 2 is 2.18 bits per heavy atom. The molecule has 1 amide bonds. The lowest BCUT2D eigenvalue weighted by Gasteiger charge is -2.19. The van der Waals surface area contributed by atoms with Gasteiger partial charge in [0.15, 0.2) is 0 Å². The van der Waals surface area contributed by atoms with Gasteiger partial charge in [0.2, 0.25) is 5.91 Å². The fraction of sp³-hybridized carbons (Fsp3) is 0.769. The maximum atomic E-state index is 13.5. The third-order valence-electron chi connectivity index (χ3n) is 2.63. The third-order valence-corrected chi connectivity index (χ3v) is 2.63. The molecule has 0 radical (unpaired) electrons. The number of nitrogens with zero attached hydrogens (tertiary/aromatic N) is 1. The van der Waals surface area contributed by atoms with Crippen molar-refractivity contribution in [2.45, 2.75) is 45.3 Å². The molecule has 1 rings (SSSR count). The van der Waals surface area contributed by atoms with Gasteiger partial charge < -0.3 is 5.32 Å². The molecule has 98 valence electrons. The molecule has 0 saturated carbocycles. The largest absolute Gasteiger partial charge is 0.348 e. The Morgan fingerprint density at radius 1 is 1.53 bits per heavy atom. The van der Waals surface area contributed by atoms with E-state index in [1.54, 1.807) is 13.0 Å². The van der Waals surface area contributed by atoms with Crippen molar-refractivity contribution in [3.8, 4) is 0 Å². The highest BCUT2D eigenvalue weighted by Crippen LogP contribution is 2.24. The van der Waals surface area contributed by atoms with Gasteiger partial charge in [-0.15, -0.1) is 0 Å². The molecule has 0 bridgehead atoms. The van der Waals surface area contributed by atoms with Gasteiger partial charge in [0, 0.05) is 31.2 Å². The van der Waals surface area contributed by atoms with Crippen molar-refractivity contribution in [1.82, 2.24) is 10.2 Å². The first kappa shape index (κ1) is 14.2. The highest BCUT2D eigenvalue weighted by atomic mass is 19.1. The molecule has 1 saturated heterocycles. The van der Waals surface area contributed by atoms with Crippen LogP contribution in [0.5, 0.6) is 0 Å². The van der Waals surface area contributed by atoms with Crippen LogP contribution in [0.4, 0.5) is 4.39 Å². The summed E-state index contributed by atoms with van der Waals surface area (Å²) in [6.07, 6.45) is 3.90. The van der Waals surface area contributed by atoms with Crippen molar-refractivity contribution < 1.29 is 9.18 Å². The summed E-state index contributed by atoms with van der Waals surface area (Å²) in [5.74, 6) is -0.0975. The molecular formula is C13H23FN2O. The number of amides is 1. The van der Waals surface area contributed by atoms with E-state index in [1.165, 1.54) is 6.08 Å². The van der Waals surface area contributed by atoms with Crippen molar-refractivity contribution in [3.63, 3.8) is 0 Å². The molecule has 1 heterocycles. The number of rotatable bonds is 3. The summed E-state index contributed by atoms with van der Waals surface area (Å²) >= 11 is 0. The van der Waals surface area contributed by atoms with Crippen LogP contribution in [-0.2, 0) is 4.79 Å². The highest BCUT2D eigenvalue weighted by Gasteiger charge is 2.32. The first-order valence-electron chi connectivity index (χ1n) is 6.08. The Balaban J connectivity index is 2.29. The van der Waals surface area contributed by atoms with Crippen LogP contribution in [0, 0.1) is 0 Å². The molecule has 1 aliphatic rings. The Morgan fingerprint density at radius 3 is 2.65 bits per heavy atom. The second kappa shape index (κ2) is 5.17. The summed E-state index contributed by atoms with van der Waals surface area (Å²) in [6, 6.07) is 0. The number of likely N-dealkylation sites (tertiary alicyclic amines) is 1. The number of hydrogen-bond acceptors (Lipinski definition) is 2.